The molecule has 2 aliphatic rings. The zero-order chi connectivity index (χ0) is 19.4. The molecule has 0 spiro atoms. The lowest BCUT2D eigenvalue weighted by Crippen LogP contribution is -2.67. The van der Waals surface area contributed by atoms with Crippen LogP contribution in [0.1, 0.15) is 41.0 Å². The van der Waals surface area contributed by atoms with Crippen molar-refractivity contribution >= 4 is 17.9 Å². The minimum Gasteiger partial charge on any atom is -0.461 e. The number of hydrogen-bond acceptors (Lipinski definition) is 8. The Morgan fingerprint density at radius 1 is 0.923 bits per heavy atom. The number of likely N-dealkylation sites (N-methyl/N-ethyl adjacent to an activating group) is 1. The van der Waals surface area contributed by atoms with Crippen LogP contribution in [0, 0.1) is 0 Å². The minimum atomic E-state index is -0.678. The molecule has 0 aromatic carbocycles. The molecular weight excluding hydrogens is 340 g/mol. The van der Waals surface area contributed by atoms with Crippen LogP contribution >= 0.6 is 0 Å². The summed E-state index contributed by atoms with van der Waals surface area (Å²) in [6.45, 7) is 11.1. The first-order valence-corrected chi connectivity index (χ1v) is 9.28. The maximum atomic E-state index is 11.8. The zero-order valence-corrected chi connectivity index (χ0v) is 16.3. The third kappa shape index (κ3) is 4.54. The van der Waals surface area contributed by atoms with E-state index < -0.39 is 24.1 Å². The number of carbonyl (C=O) groups is 3. The van der Waals surface area contributed by atoms with Gasteiger partial charge in [0.1, 0.15) is 6.10 Å². The molecular formula is C18H30N2O6. The minimum absolute atomic E-state index is 0.0921. The molecule has 0 aliphatic carbocycles. The third-order valence-corrected chi connectivity index (χ3v) is 5.17. The first-order chi connectivity index (χ1) is 12.3. The second-order valence-corrected chi connectivity index (χ2v) is 6.86. The van der Waals surface area contributed by atoms with Crippen LogP contribution in [0.25, 0.3) is 0 Å². The van der Waals surface area contributed by atoms with Crippen molar-refractivity contribution in [1.82, 2.24) is 9.80 Å². The number of hydrogen-bond donors (Lipinski definition) is 0. The van der Waals surface area contributed by atoms with E-state index in [9.17, 15) is 14.4 Å². The number of fused-ring (bicyclic) bond motifs is 1. The highest BCUT2D eigenvalue weighted by Crippen LogP contribution is 2.35. The standard InChI is InChI=1S/C18H30N2O6/c1-6-19(7-2)14-10-20-9-8-15(24-11(3)21)16(20)18(26-13(5)23)17(14)25-12(4)22/h14-18H,6-10H2,1-5H3/t14-,15-,16?,17+,18+/m0/s1. The van der Waals surface area contributed by atoms with Crippen molar-refractivity contribution in [3.63, 3.8) is 0 Å². The van der Waals surface area contributed by atoms with Gasteiger partial charge in [0.15, 0.2) is 12.2 Å². The molecule has 2 fully saturated rings. The number of rotatable bonds is 6. The summed E-state index contributed by atoms with van der Waals surface area (Å²) >= 11 is 0. The van der Waals surface area contributed by atoms with Crippen LogP contribution in [-0.4, -0.2) is 84.3 Å². The Kier molecular flexibility index (Phi) is 7.00. The molecule has 5 atom stereocenters. The van der Waals surface area contributed by atoms with Crippen molar-refractivity contribution in [2.24, 2.45) is 0 Å². The Bertz CT molecular complexity index is 536. The third-order valence-electron chi connectivity index (χ3n) is 5.17. The summed E-state index contributed by atoms with van der Waals surface area (Å²) in [5.74, 6) is -1.23. The van der Waals surface area contributed by atoms with E-state index in [0.29, 0.717) is 13.0 Å². The molecule has 0 N–H and O–H groups in total. The molecule has 0 aromatic rings. The average molecular weight is 370 g/mol. The van der Waals surface area contributed by atoms with E-state index in [1.54, 1.807) is 0 Å². The lowest BCUT2D eigenvalue weighted by Gasteiger charge is -2.49. The van der Waals surface area contributed by atoms with E-state index in [4.69, 9.17) is 14.2 Å². The van der Waals surface area contributed by atoms with Crippen molar-refractivity contribution in [2.45, 2.75) is 71.4 Å². The Morgan fingerprint density at radius 3 is 1.96 bits per heavy atom. The lowest BCUT2D eigenvalue weighted by atomic mass is 9.89. The largest absolute Gasteiger partial charge is 0.461 e. The monoisotopic (exact) mass is 370 g/mol. The number of ether oxygens (including phenoxy) is 3. The van der Waals surface area contributed by atoms with Gasteiger partial charge in [-0.25, -0.2) is 0 Å². The number of esters is 3. The Hall–Kier alpha value is -1.67. The fourth-order valence-corrected chi connectivity index (χ4v) is 4.26. The van der Waals surface area contributed by atoms with E-state index >= 15 is 0 Å². The maximum absolute atomic E-state index is 11.8. The van der Waals surface area contributed by atoms with Crippen LogP contribution in [-0.2, 0) is 28.6 Å². The quantitative estimate of drug-likeness (QED) is 0.496. The predicted octanol–water partition coefficient (Wildman–Crippen LogP) is 0.580. The summed E-state index contributed by atoms with van der Waals surface area (Å²) in [4.78, 5) is 39.4. The predicted molar refractivity (Wildman–Crippen MR) is 93.3 cm³/mol. The molecule has 0 aromatic heterocycles. The molecule has 0 bridgehead atoms. The van der Waals surface area contributed by atoms with Crippen LogP contribution in [0.5, 0.6) is 0 Å². The van der Waals surface area contributed by atoms with Crippen LogP contribution < -0.4 is 0 Å². The molecule has 8 nitrogen and oxygen atoms in total. The first-order valence-electron chi connectivity index (χ1n) is 9.28. The topological polar surface area (TPSA) is 85.4 Å². The van der Waals surface area contributed by atoms with Gasteiger partial charge in [0.05, 0.1) is 12.1 Å². The SMILES string of the molecule is CCN(CC)[C@H]1CN2CC[C@H](OC(C)=O)C2[C@@H](OC(C)=O)[C@@H]1OC(C)=O. The number of nitrogens with zero attached hydrogens (tertiary/aromatic N) is 2. The van der Waals surface area contributed by atoms with E-state index in [0.717, 1.165) is 19.6 Å². The Balaban J connectivity index is 2.38. The van der Waals surface area contributed by atoms with Crippen LogP contribution in [0.3, 0.4) is 0 Å². The zero-order valence-electron chi connectivity index (χ0n) is 16.3. The van der Waals surface area contributed by atoms with Gasteiger partial charge in [-0.1, -0.05) is 13.8 Å². The summed E-state index contributed by atoms with van der Waals surface area (Å²) in [7, 11) is 0. The van der Waals surface area contributed by atoms with Crippen molar-refractivity contribution in [1.29, 1.82) is 0 Å². The molecule has 2 aliphatic heterocycles. The summed E-state index contributed by atoms with van der Waals surface area (Å²) in [6, 6.07) is -0.399. The van der Waals surface area contributed by atoms with E-state index in [1.807, 2.05) is 13.8 Å². The summed E-state index contributed by atoms with van der Waals surface area (Å²) in [6.07, 6.45) is -0.997. The van der Waals surface area contributed by atoms with Crippen molar-refractivity contribution in [3.05, 3.63) is 0 Å². The molecule has 0 radical (unpaired) electrons. The molecule has 0 amide bonds. The van der Waals surface area contributed by atoms with E-state index in [-0.39, 0.29) is 24.2 Å². The van der Waals surface area contributed by atoms with Crippen molar-refractivity contribution in [3.8, 4) is 0 Å². The first kappa shape index (κ1) is 20.6. The number of piperidine rings is 1. The van der Waals surface area contributed by atoms with Gasteiger partial charge in [0, 0.05) is 33.9 Å². The fraction of sp³-hybridized carbons (Fsp3) is 0.833. The van der Waals surface area contributed by atoms with Gasteiger partial charge in [0.2, 0.25) is 0 Å². The van der Waals surface area contributed by atoms with Gasteiger partial charge in [0.25, 0.3) is 0 Å². The normalized spacial score (nSPS) is 31.4. The molecule has 0 saturated carbocycles. The number of carbonyl (C=O) groups excluding carboxylic acids is 3. The fourth-order valence-electron chi connectivity index (χ4n) is 4.26. The average Bonchev–Trinajstić information content (AvgIpc) is 2.92. The van der Waals surface area contributed by atoms with Crippen molar-refractivity contribution in [2.75, 3.05) is 26.2 Å². The molecule has 8 heteroatoms. The lowest BCUT2D eigenvalue weighted by molar-refractivity contribution is -0.193. The molecule has 2 heterocycles. The van der Waals surface area contributed by atoms with Gasteiger partial charge in [-0.2, -0.15) is 0 Å². The van der Waals surface area contributed by atoms with Crippen LogP contribution in [0.2, 0.25) is 0 Å². The highest BCUT2D eigenvalue weighted by atomic mass is 16.6. The maximum Gasteiger partial charge on any atom is 0.303 e. The van der Waals surface area contributed by atoms with Crippen LogP contribution in [0.15, 0.2) is 0 Å². The summed E-state index contributed by atoms with van der Waals surface area (Å²) in [5, 5.41) is 0. The van der Waals surface area contributed by atoms with E-state index in [1.165, 1.54) is 20.8 Å². The van der Waals surface area contributed by atoms with Crippen molar-refractivity contribution < 1.29 is 28.6 Å². The molecule has 148 valence electrons. The summed E-state index contributed by atoms with van der Waals surface area (Å²) in [5.41, 5.74) is 0. The Morgan fingerprint density at radius 2 is 1.46 bits per heavy atom. The van der Waals surface area contributed by atoms with Gasteiger partial charge in [-0.05, 0) is 19.5 Å². The van der Waals surface area contributed by atoms with Gasteiger partial charge in [-0.15, -0.1) is 0 Å². The Labute approximate surface area is 154 Å². The molecule has 26 heavy (non-hydrogen) atoms. The smallest absolute Gasteiger partial charge is 0.303 e. The second kappa shape index (κ2) is 8.81. The molecule has 2 saturated heterocycles. The second-order valence-electron chi connectivity index (χ2n) is 6.86. The molecule has 1 unspecified atom stereocenters. The highest BCUT2D eigenvalue weighted by molar-refractivity contribution is 5.68. The van der Waals surface area contributed by atoms with Gasteiger partial charge < -0.3 is 14.2 Å². The van der Waals surface area contributed by atoms with E-state index in [2.05, 4.69) is 9.80 Å². The van der Waals surface area contributed by atoms with Gasteiger partial charge in [-0.3, -0.25) is 24.2 Å². The summed E-state index contributed by atoms with van der Waals surface area (Å²) < 4.78 is 16.7. The highest BCUT2D eigenvalue weighted by Gasteiger charge is 2.54. The van der Waals surface area contributed by atoms with Gasteiger partial charge >= 0.3 is 17.9 Å². The van der Waals surface area contributed by atoms with Crippen LogP contribution in [0.4, 0.5) is 0 Å². The molecule has 2 rings (SSSR count).